The van der Waals surface area contributed by atoms with Crippen molar-refractivity contribution in [3.63, 3.8) is 0 Å². The Morgan fingerprint density at radius 3 is 2.91 bits per heavy atom. The molecule has 2 aromatic carbocycles. The van der Waals surface area contributed by atoms with Crippen LogP contribution in [-0.2, 0) is 6.54 Å². The van der Waals surface area contributed by atoms with Gasteiger partial charge in [0.2, 0.25) is 0 Å². The Kier molecular flexibility index (Phi) is 4.39. The first-order valence-electron chi connectivity index (χ1n) is 7.45. The molecule has 1 aromatic heterocycles. The van der Waals surface area contributed by atoms with Crippen molar-refractivity contribution < 1.29 is 14.6 Å². The SMILES string of the molecule is CC(=O)c1cccc(OCC(O)Cn2cnc3ccccc32)c1. The lowest BCUT2D eigenvalue weighted by Crippen LogP contribution is -2.23. The highest BCUT2D eigenvalue weighted by Crippen LogP contribution is 2.15. The first-order chi connectivity index (χ1) is 11.1. The number of benzene rings is 2. The van der Waals surface area contributed by atoms with Crippen LogP contribution in [-0.4, -0.2) is 33.2 Å². The van der Waals surface area contributed by atoms with Crippen LogP contribution < -0.4 is 4.74 Å². The van der Waals surface area contributed by atoms with Gasteiger partial charge in [-0.3, -0.25) is 4.79 Å². The van der Waals surface area contributed by atoms with E-state index in [-0.39, 0.29) is 12.4 Å². The van der Waals surface area contributed by atoms with Gasteiger partial charge in [-0.15, -0.1) is 0 Å². The van der Waals surface area contributed by atoms with Gasteiger partial charge in [0.25, 0.3) is 0 Å². The summed E-state index contributed by atoms with van der Waals surface area (Å²) in [6, 6.07) is 14.7. The molecule has 0 aliphatic carbocycles. The highest BCUT2D eigenvalue weighted by molar-refractivity contribution is 5.94. The number of fused-ring (bicyclic) bond motifs is 1. The van der Waals surface area contributed by atoms with Crippen molar-refractivity contribution >= 4 is 16.8 Å². The fraction of sp³-hybridized carbons (Fsp3) is 0.222. The second kappa shape index (κ2) is 6.62. The second-order valence-corrected chi connectivity index (χ2v) is 5.43. The van der Waals surface area contributed by atoms with Crippen LogP contribution in [0.25, 0.3) is 11.0 Å². The lowest BCUT2D eigenvalue weighted by atomic mass is 10.1. The highest BCUT2D eigenvalue weighted by Gasteiger charge is 2.10. The summed E-state index contributed by atoms with van der Waals surface area (Å²) in [4.78, 5) is 15.7. The van der Waals surface area contributed by atoms with E-state index in [0.29, 0.717) is 17.9 Å². The predicted molar refractivity (Wildman–Crippen MR) is 87.7 cm³/mol. The Labute approximate surface area is 134 Å². The minimum atomic E-state index is -0.673. The number of Topliss-reactive ketones (excluding diaryl/α,β-unsaturated/α-hetero) is 1. The third kappa shape index (κ3) is 3.57. The topological polar surface area (TPSA) is 64.3 Å². The van der Waals surface area contributed by atoms with Crippen molar-refractivity contribution in [3.05, 3.63) is 60.4 Å². The summed E-state index contributed by atoms with van der Waals surface area (Å²) in [5, 5.41) is 10.2. The number of para-hydroxylation sites is 2. The molecule has 5 heteroatoms. The summed E-state index contributed by atoms with van der Waals surface area (Å²) in [5.41, 5.74) is 2.47. The molecule has 0 aliphatic rings. The molecule has 0 spiro atoms. The van der Waals surface area contributed by atoms with E-state index in [1.165, 1.54) is 6.92 Å². The molecule has 0 bridgehead atoms. The first kappa shape index (κ1) is 15.2. The van der Waals surface area contributed by atoms with E-state index in [1.807, 2.05) is 28.8 Å². The van der Waals surface area contributed by atoms with Crippen molar-refractivity contribution in [2.24, 2.45) is 0 Å². The molecule has 5 nitrogen and oxygen atoms in total. The number of aromatic nitrogens is 2. The molecule has 0 amide bonds. The van der Waals surface area contributed by atoms with Gasteiger partial charge >= 0.3 is 0 Å². The van der Waals surface area contributed by atoms with Gasteiger partial charge in [0.1, 0.15) is 18.5 Å². The third-order valence-corrected chi connectivity index (χ3v) is 3.62. The second-order valence-electron chi connectivity index (χ2n) is 5.43. The molecule has 0 fully saturated rings. The number of carbonyl (C=O) groups is 1. The van der Waals surface area contributed by atoms with E-state index >= 15 is 0 Å². The van der Waals surface area contributed by atoms with Crippen LogP contribution in [0.2, 0.25) is 0 Å². The lowest BCUT2D eigenvalue weighted by molar-refractivity contribution is 0.0932. The molecule has 0 radical (unpaired) electrons. The zero-order valence-electron chi connectivity index (χ0n) is 12.8. The number of ether oxygens (including phenoxy) is 1. The van der Waals surface area contributed by atoms with E-state index in [2.05, 4.69) is 4.98 Å². The van der Waals surface area contributed by atoms with Gasteiger partial charge in [-0.25, -0.2) is 4.98 Å². The number of hydrogen-bond donors (Lipinski definition) is 1. The monoisotopic (exact) mass is 310 g/mol. The number of imidazole rings is 1. The molecule has 3 rings (SSSR count). The number of hydrogen-bond acceptors (Lipinski definition) is 4. The first-order valence-corrected chi connectivity index (χ1v) is 7.45. The van der Waals surface area contributed by atoms with Crippen LogP contribution in [0, 0.1) is 0 Å². The van der Waals surface area contributed by atoms with Gasteiger partial charge in [-0.1, -0.05) is 24.3 Å². The molecule has 118 valence electrons. The number of nitrogens with zero attached hydrogens (tertiary/aromatic N) is 2. The maximum Gasteiger partial charge on any atom is 0.159 e. The maximum absolute atomic E-state index is 11.4. The predicted octanol–water partition coefficient (Wildman–Crippen LogP) is 2.68. The number of rotatable bonds is 6. The summed E-state index contributed by atoms with van der Waals surface area (Å²) in [5.74, 6) is 0.563. The normalized spacial score (nSPS) is 12.3. The molecular formula is C18H18N2O3. The Morgan fingerprint density at radius 1 is 1.26 bits per heavy atom. The standard InChI is InChI=1S/C18H18N2O3/c1-13(21)14-5-4-6-16(9-14)23-11-15(22)10-20-12-19-17-7-2-3-8-18(17)20/h2-9,12,15,22H,10-11H2,1H3. The van der Waals surface area contributed by atoms with Crippen LogP contribution in [0.15, 0.2) is 54.9 Å². The molecule has 1 atom stereocenters. The molecule has 1 N–H and O–H groups in total. The summed E-state index contributed by atoms with van der Waals surface area (Å²) < 4.78 is 7.48. The molecule has 3 aromatic rings. The maximum atomic E-state index is 11.4. The van der Waals surface area contributed by atoms with Crippen molar-refractivity contribution in [1.82, 2.24) is 9.55 Å². The van der Waals surface area contributed by atoms with E-state index in [9.17, 15) is 9.90 Å². The smallest absolute Gasteiger partial charge is 0.159 e. The summed E-state index contributed by atoms with van der Waals surface area (Å²) >= 11 is 0. The van der Waals surface area contributed by atoms with E-state index in [0.717, 1.165) is 11.0 Å². The fourth-order valence-electron chi connectivity index (χ4n) is 2.43. The molecule has 1 heterocycles. The number of aliphatic hydroxyl groups is 1. The van der Waals surface area contributed by atoms with Gasteiger partial charge < -0.3 is 14.4 Å². The minimum absolute atomic E-state index is 0.0131. The zero-order valence-corrected chi connectivity index (χ0v) is 12.8. The Morgan fingerprint density at radius 2 is 2.09 bits per heavy atom. The molecule has 0 saturated carbocycles. The van der Waals surface area contributed by atoms with Gasteiger partial charge in [-0.2, -0.15) is 0 Å². The fourth-order valence-corrected chi connectivity index (χ4v) is 2.43. The zero-order chi connectivity index (χ0) is 16.2. The molecule has 1 unspecified atom stereocenters. The van der Waals surface area contributed by atoms with Crippen molar-refractivity contribution in [2.45, 2.75) is 19.6 Å². The van der Waals surface area contributed by atoms with E-state index in [4.69, 9.17) is 4.74 Å². The average molecular weight is 310 g/mol. The largest absolute Gasteiger partial charge is 0.491 e. The molecular weight excluding hydrogens is 292 g/mol. The van der Waals surface area contributed by atoms with Gasteiger partial charge in [0.05, 0.1) is 23.9 Å². The van der Waals surface area contributed by atoms with Gasteiger partial charge in [0.15, 0.2) is 5.78 Å². The summed E-state index contributed by atoms with van der Waals surface area (Å²) in [6.07, 6.45) is 1.04. The highest BCUT2D eigenvalue weighted by atomic mass is 16.5. The third-order valence-electron chi connectivity index (χ3n) is 3.62. The molecule has 0 aliphatic heterocycles. The van der Waals surface area contributed by atoms with Crippen molar-refractivity contribution in [2.75, 3.05) is 6.61 Å². The minimum Gasteiger partial charge on any atom is -0.491 e. The van der Waals surface area contributed by atoms with Crippen LogP contribution in [0.4, 0.5) is 0 Å². The summed E-state index contributed by atoms with van der Waals surface area (Å²) in [7, 11) is 0. The van der Waals surface area contributed by atoms with Crippen molar-refractivity contribution in [1.29, 1.82) is 0 Å². The van der Waals surface area contributed by atoms with Crippen LogP contribution >= 0.6 is 0 Å². The van der Waals surface area contributed by atoms with Gasteiger partial charge in [-0.05, 0) is 31.2 Å². The lowest BCUT2D eigenvalue weighted by Gasteiger charge is -2.14. The van der Waals surface area contributed by atoms with Crippen LogP contribution in [0.5, 0.6) is 5.75 Å². The number of aliphatic hydroxyl groups excluding tert-OH is 1. The summed E-state index contributed by atoms with van der Waals surface area (Å²) in [6.45, 7) is 2.05. The van der Waals surface area contributed by atoms with E-state index < -0.39 is 6.10 Å². The Balaban J connectivity index is 1.62. The number of carbonyl (C=O) groups excluding carboxylic acids is 1. The van der Waals surface area contributed by atoms with Crippen molar-refractivity contribution in [3.8, 4) is 5.75 Å². The Hall–Kier alpha value is -2.66. The van der Waals surface area contributed by atoms with Crippen LogP contribution in [0.3, 0.4) is 0 Å². The average Bonchev–Trinajstić information content (AvgIpc) is 2.96. The quantitative estimate of drug-likeness (QED) is 0.711. The van der Waals surface area contributed by atoms with Gasteiger partial charge in [0, 0.05) is 5.56 Å². The molecule has 23 heavy (non-hydrogen) atoms. The Bertz CT molecular complexity index is 826. The number of ketones is 1. The molecule has 0 saturated heterocycles. The van der Waals surface area contributed by atoms with E-state index in [1.54, 1.807) is 30.6 Å². The van der Waals surface area contributed by atoms with Crippen LogP contribution in [0.1, 0.15) is 17.3 Å².